The van der Waals surface area contributed by atoms with Crippen LogP contribution in [0.4, 0.5) is 0 Å². The maximum absolute atomic E-state index is 11.1. The Morgan fingerprint density at radius 3 is 2.42 bits per heavy atom. The molecule has 0 saturated carbocycles. The van der Waals surface area contributed by atoms with E-state index in [2.05, 4.69) is 12.2 Å². The van der Waals surface area contributed by atoms with Gasteiger partial charge in [0.05, 0.1) is 5.56 Å². The second kappa shape index (κ2) is 6.55. The number of carboxylic acids is 1. The van der Waals surface area contributed by atoms with Crippen LogP contribution in [-0.2, 0) is 6.42 Å². The summed E-state index contributed by atoms with van der Waals surface area (Å²) >= 11 is 0. The number of allylic oxidation sites excluding steroid dienone is 1. The van der Waals surface area contributed by atoms with Gasteiger partial charge in [-0.2, -0.15) is 0 Å². The molecule has 0 saturated heterocycles. The van der Waals surface area contributed by atoms with E-state index in [-0.39, 0.29) is 0 Å². The van der Waals surface area contributed by atoms with E-state index in [1.165, 1.54) is 0 Å². The van der Waals surface area contributed by atoms with Gasteiger partial charge < -0.3 is 5.11 Å². The van der Waals surface area contributed by atoms with Crippen molar-refractivity contribution in [2.24, 2.45) is 0 Å². The number of hydrogen-bond donors (Lipinski definition) is 1. The fourth-order valence-electron chi connectivity index (χ4n) is 1.97. The fraction of sp³-hybridized carbons (Fsp3) is 0.118. The van der Waals surface area contributed by atoms with Gasteiger partial charge in [-0.3, -0.25) is 0 Å². The van der Waals surface area contributed by atoms with E-state index in [1.807, 2.05) is 42.5 Å². The second-order valence-electron chi connectivity index (χ2n) is 4.31. The van der Waals surface area contributed by atoms with E-state index in [9.17, 15) is 4.79 Å². The third-order valence-corrected chi connectivity index (χ3v) is 2.94. The summed E-state index contributed by atoms with van der Waals surface area (Å²) in [6.07, 6.45) is 5.71. The Morgan fingerprint density at radius 2 is 1.68 bits per heavy atom. The summed E-state index contributed by atoms with van der Waals surface area (Å²) in [7, 11) is 0. The van der Waals surface area contributed by atoms with Crippen LogP contribution >= 0.6 is 0 Å². The molecular weight excluding hydrogens is 236 g/mol. The average Bonchev–Trinajstić information content (AvgIpc) is 2.45. The Morgan fingerprint density at radius 1 is 1.00 bits per heavy atom. The zero-order valence-corrected chi connectivity index (χ0v) is 10.6. The molecule has 0 fully saturated rings. The molecule has 0 aliphatic carbocycles. The molecule has 2 heteroatoms. The summed E-state index contributed by atoms with van der Waals surface area (Å²) in [4.78, 5) is 11.1. The second-order valence-corrected chi connectivity index (χ2v) is 4.31. The molecule has 96 valence electrons. The van der Waals surface area contributed by atoms with Crippen molar-refractivity contribution in [1.82, 2.24) is 0 Å². The summed E-state index contributed by atoms with van der Waals surface area (Å²) < 4.78 is 0. The Kier molecular flexibility index (Phi) is 4.51. The molecule has 0 aliphatic rings. The molecule has 0 aliphatic heterocycles. The van der Waals surface area contributed by atoms with Crippen molar-refractivity contribution in [3.05, 3.63) is 77.4 Å². The lowest BCUT2D eigenvalue weighted by molar-refractivity contribution is 0.0695. The standard InChI is InChI=1S/C17H16O2/c18-17(19)16-13-7-6-12-15(16)11-5-4-10-14-8-2-1-3-9-14/h1-4,6-10,12-13H,5,11H2,(H,18,19). The molecular formula is C17H16O2. The normalized spacial score (nSPS) is 10.7. The molecule has 0 aromatic heterocycles. The van der Waals surface area contributed by atoms with E-state index in [0.717, 1.165) is 24.0 Å². The number of aromatic carboxylic acids is 1. The Balaban J connectivity index is 1.96. The topological polar surface area (TPSA) is 37.3 Å². The number of carbonyl (C=O) groups is 1. The van der Waals surface area contributed by atoms with E-state index in [4.69, 9.17) is 5.11 Å². The van der Waals surface area contributed by atoms with Crippen LogP contribution in [0.25, 0.3) is 6.08 Å². The van der Waals surface area contributed by atoms with Crippen LogP contribution in [0.3, 0.4) is 0 Å². The van der Waals surface area contributed by atoms with Crippen LogP contribution in [0.15, 0.2) is 60.7 Å². The molecule has 0 atom stereocenters. The van der Waals surface area contributed by atoms with E-state index in [0.29, 0.717) is 5.56 Å². The minimum Gasteiger partial charge on any atom is -0.478 e. The fourth-order valence-corrected chi connectivity index (χ4v) is 1.97. The summed E-state index contributed by atoms with van der Waals surface area (Å²) in [5.41, 5.74) is 2.44. The van der Waals surface area contributed by atoms with Crippen molar-refractivity contribution in [2.75, 3.05) is 0 Å². The van der Waals surface area contributed by atoms with Gasteiger partial charge in [0, 0.05) is 0 Å². The molecule has 0 unspecified atom stereocenters. The molecule has 2 rings (SSSR count). The van der Waals surface area contributed by atoms with Crippen molar-refractivity contribution in [3.63, 3.8) is 0 Å². The first-order chi connectivity index (χ1) is 9.27. The highest BCUT2D eigenvalue weighted by molar-refractivity contribution is 5.89. The number of carboxylic acid groups (broad SMARTS) is 1. The quantitative estimate of drug-likeness (QED) is 0.872. The predicted molar refractivity (Wildman–Crippen MR) is 77.2 cm³/mol. The monoisotopic (exact) mass is 252 g/mol. The van der Waals surface area contributed by atoms with Crippen molar-refractivity contribution in [3.8, 4) is 0 Å². The summed E-state index contributed by atoms with van der Waals surface area (Å²) in [6.45, 7) is 0. The summed E-state index contributed by atoms with van der Waals surface area (Å²) in [6, 6.07) is 17.2. The molecule has 19 heavy (non-hydrogen) atoms. The third-order valence-electron chi connectivity index (χ3n) is 2.94. The Bertz CT molecular complexity index is 571. The van der Waals surface area contributed by atoms with Gasteiger partial charge in [0.1, 0.15) is 0 Å². The van der Waals surface area contributed by atoms with Gasteiger partial charge in [0.25, 0.3) is 0 Å². The highest BCUT2D eigenvalue weighted by Crippen LogP contribution is 2.12. The maximum Gasteiger partial charge on any atom is 0.335 e. The predicted octanol–water partition coefficient (Wildman–Crippen LogP) is 4.03. The number of hydrogen-bond acceptors (Lipinski definition) is 1. The van der Waals surface area contributed by atoms with Gasteiger partial charge in [-0.1, -0.05) is 60.7 Å². The van der Waals surface area contributed by atoms with Gasteiger partial charge in [-0.15, -0.1) is 0 Å². The lowest BCUT2D eigenvalue weighted by atomic mass is 10.0. The first-order valence-electron chi connectivity index (χ1n) is 6.30. The van der Waals surface area contributed by atoms with E-state index < -0.39 is 5.97 Å². The largest absolute Gasteiger partial charge is 0.478 e. The van der Waals surface area contributed by atoms with E-state index in [1.54, 1.807) is 12.1 Å². The molecule has 0 spiro atoms. The summed E-state index contributed by atoms with van der Waals surface area (Å²) in [5, 5.41) is 9.08. The molecule has 0 bridgehead atoms. The Hall–Kier alpha value is -2.35. The zero-order valence-electron chi connectivity index (χ0n) is 10.6. The van der Waals surface area contributed by atoms with Crippen LogP contribution < -0.4 is 0 Å². The van der Waals surface area contributed by atoms with Gasteiger partial charge in [-0.05, 0) is 30.0 Å². The van der Waals surface area contributed by atoms with Crippen LogP contribution in [0.5, 0.6) is 0 Å². The van der Waals surface area contributed by atoms with Crippen molar-refractivity contribution < 1.29 is 9.90 Å². The summed E-state index contributed by atoms with van der Waals surface area (Å²) in [5.74, 6) is -0.859. The molecule has 0 amide bonds. The molecule has 0 heterocycles. The number of aryl methyl sites for hydroxylation is 1. The molecule has 2 aromatic rings. The molecule has 1 N–H and O–H groups in total. The van der Waals surface area contributed by atoms with Crippen LogP contribution in [0.2, 0.25) is 0 Å². The SMILES string of the molecule is O=C(O)c1ccccc1CCC=Cc1ccccc1. The van der Waals surface area contributed by atoms with Crippen molar-refractivity contribution in [1.29, 1.82) is 0 Å². The molecule has 2 nitrogen and oxygen atoms in total. The smallest absolute Gasteiger partial charge is 0.335 e. The van der Waals surface area contributed by atoms with Crippen molar-refractivity contribution >= 4 is 12.0 Å². The lowest BCUT2D eigenvalue weighted by Crippen LogP contribution is -2.01. The average molecular weight is 252 g/mol. The van der Waals surface area contributed by atoms with Crippen molar-refractivity contribution in [2.45, 2.75) is 12.8 Å². The highest BCUT2D eigenvalue weighted by atomic mass is 16.4. The van der Waals surface area contributed by atoms with E-state index >= 15 is 0 Å². The first kappa shape index (κ1) is 13.1. The van der Waals surface area contributed by atoms with Crippen LogP contribution in [0.1, 0.15) is 27.9 Å². The minimum absolute atomic E-state index is 0.399. The maximum atomic E-state index is 11.1. The number of rotatable bonds is 5. The van der Waals surface area contributed by atoms with Gasteiger partial charge in [-0.25, -0.2) is 4.79 Å². The van der Waals surface area contributed by atoms with Crippen LogP contribution in [-0.4, -0.2) is 11.1 Å². The molecule has 0 radical (unpaired) electrons. The number of benzene rings is 2. The van der Waals surface area contributed by atoms with Gasteiger partial charge in [0.15, 0.2) is 0 Å². The van der Waals surface area contributed by atoms with Gasteiger partial charge >= 0.3 is 5.97 Å². The minimum atomic E-state index is -0.859. The lowest BCUT2D eigenvalue weighted by Gasteiger charge is -2.03. The zero-order chi connectivity index (χ0) is 13.5. The van der Waals surface area contributed by atoms with Crippen LogP contribution in [0, 0.1) is 0 Å². The first-order valence-corrected chi connectivity index (χ1v) is 6.30. The highest BCUT2D eigenvalue weighted by Gasteiger charge is 2.07. The van der Waals surface area contributed by atoms with Gasteiger partial charge in [0.2, 0.25) is 0 Å². The third kappa shape index (κ3) is 3.81. The molecule has 2 aromatic carbocycles. The Labute approximate surface area is 113 Å².